The minimum Gasteiger partial charge on any atom is -0.353 e. The summed E-state index contributed by atoms with van der Waals surface area (Å²) >= 11 is 0. The molecule has 0 bridgehead atoms. The Labute approximate surface area is 164 Å². The first kappa shape index (κ1) is 17.0. The zero-order valence-corrected chi connectivity index (χ0v) is 15.9. The number of benzene rings is 2. The van der Waals surface area contributed by atoms with Crippen molar-refractivity contribution in [3.05, 3.63) is 59.7 Å². The number of nitrogens with zero attached hydrogens (tertiary/aromatic N) is 2. The van der Waals surface area contributed by atoms with Crippen molar-refractivity contribution in [2.24, 2.45) is 9.98 Å². The lowest BCUT2D eigenvalue weighted by Crippen LogP contribution is -1.94. The molecule has 140 valence electrons. The van der Waals surface area contributed by atoms with Crippen LogP contribution in [0.5, 0.6) is 0 Å². The van der Waals surface area contributed by atoms with Crippen molar-refractivity contribution in [1.29, 1.82) is 0 Å². The molecule has 0 atom stereocenters. The molecule has 4 nitrogen and oxygen atoms in total. The lowest BCUT2D eigenvalue weighted by atomic mass is 10.1. The van der Waals surface area contributed by atoms with Crippen molar-refractivity contribution < 1.29 is 0 Å². The number of nitrogens with one attached hydrogen (secondary N) is 2. The molecule has 0 radical (unpaired) electrons. The van der Waals surface area contributed by atoms with Gasteiger partial charge in [-0.2, -0.15) is 0 Å². The van der Waals surface area contributed by atoms with Gasteiger partial charge in [-0.1, -0.05) is 49.2 Å². The third-order valence-electron chi connectivity index (χ3n) is 5.51. The summed E-state index contributed by atoms with van der Waals surface area (Å²) in [6, 6.07) is 16.9. The fourth-order valence-electron chi connectivity index (χ4n) is 4.06. The molecule has 28 heavy (non-hydrogen) atoms. The average molecular weight is 368 g/mol. The molecule has 0 unspecified atom stereocenters. The topological polar surface area (TPSA) is 56.3 Å². The second-order valence-electron chi connectivity index (χ2n) is 7.40. The normalized spacial score (nSPS) is 15.4. The maximum atomic E-state index is 4.76. The van der Waals surface area contributed by atoms with E-state index in [4.69, 9.17) is 9.98 Å². The van der Waals surface area contributed by atoms with Gasteiger partial charge in [0.05, 0.1) is 11.4 Å². The molecular formula is C24H24N4. The molecule has 0 amide bonds. The van der Waals surface area contributed by atoms with Crippen LogP contribution in [0, 0.1) is 0 Å². The predicted octanol–water partition coefficient (Wildman–Crippen LogP) is 5.73. The summed E-state index contributed by atoms with van der Waals surface area (Å²) in [5, 5.41) is 2.41. The number of hydrogen-bond acceptors (Lipinski definition) is 2. The summed E-state index contributed by atoms with van der Waals surface area (Å²) in [7, 11) is 0. The maximum Gasteiger partial charge on any atom is 0.0726 e. The van der Waals surface area contributed by atoms with Crippen LogP contribution < -0.4 is 0 Å². The summed E-state index contributed by atoms with van der Waals surface area (Å²) in [6.45, 7) is 1.75. The first-order chi connectivity index (χ1) is 13.9. The molecule has 1 aliphatic rings. The van der Waals surface area contributed by atoms with Gasteiger partial charge in [-0.25, -0.2) is 0 Å². The molecular weight excluding hydrogens is 344 g/mol. The minimum atomic E-state index is 0.877. The Kier molecular flexibility index (Phi) is 4.53. The standard InChI is InChI=1S/C24H24N4/c1-2-8-14-26-16-20-18-10-4-6-12-22(18)28-24(20)23-19(15-25-13-7-1)17-9-3-5-11-21(17)27-23/h3-6,9-12,15-16,27-28H,1-2,7-8,13-14H2. The van der Waals surface area contributed by atoms with Gasteiger partial charge in [0.2, 0.25) is 0 Å². The molecule has 0 aliphatic carbocycles. The predicted molar refractivity (Wildman–Crippen MR) is 119 cm³/mol. The smallest absolute Gasteiger partial charge is 0.0726 e. The van der Waals surface area contributed by atoms with Crippen LogP contribution in [0.3, 0.4) is 0 Å². The quantitative estimate of drug-likeness (QED) is 0.398. The highest BCUT2D eigenvalue weighted by Gasteiger charge is 2.18. The van der Waals surface area contributed by atoms with Gasteiger partial charge in [0.15, 0.2) is 0 Å². The highest BCUT2D eigenvalue weighted by Crippen LogP contribution is 2.34. The number of para-hydroxylation sites is 2. The van der Waals surface area contributed by atoms with Crippen molar-refractivity contribution in [3.8, 4) is 11.4 Å². The van der Waals surface area contributed by atoms with Crippen molar-refractivity contribution in [2.75, 3.05) is 13.1 Å². The van der Waals surface area contributed by atoms with E-state index in [-0.39, 0.29) is 0 Å². The molecule has 5 rings (SSSR count). The molecule has 1 aliphatic heterocycles. The molecule has 2 N–H and O–H groups in total. The summed E-state index contributed by atoms with van der Waals surface area (Å²) in [4.78, 5) is 16.8. The SMILES string of the molecule is C1=NCCCCCCN=Cc2c([nH]c3ccccc23)-c2[nH]c3ccccc3c21. The highest BCUT2D eigenvalue weighted by atomic mass is 14.8. The molecule has 2 aromatic carbocycles. The Morgan fingerprint density at radius 2 is 1.04 bits per heavy atom. The minimum absolute atomic E-state index is 0.877. The number of H-pyrrole nitrogens is 2. The molecule has 0 saturated heterocycles. The first-order valence-corrected chi connectivity index (χ1v) is 10.1. The number of fused-ring (bicyclic) bond motifs is 7. The van der Waals surface area contributed by atoms with Crippen LogP contribution in [0.4, 0.5) is 0 Å². The summed E-state index contributed by atoms with van der Waals surface area (Å²) < 4.78 is 0. The summed E-state index contributed by atoms with van der Waals surface area (Å²) in [5.74, 6) is 0. The Balaban J connectivity index is 1.78. The Bertz CT molecular complexity index is 1080. The van der Waals surface area contributed by atoms with Crippen LogP contribution in [0.1, 0.15) is 36.8 Å². The largest absolute Gasteiger partial charge is 0.353 e. The number of aliphatic imine (C=N–C) groups is 2. The third kappa shape index (κ3) is 3.05. The van der Waals surface area contributed by atoms with Crippen LogP contribution in [-0.4, -0.2) is 35.5 Å². The number of hydrogen-bond donors (Lipinski definition) is 2. The molecule has 0 fully saturated rings. The molecule has 4 aromatic rings. The van der Waals surface area contributed by atoms with E-state index in [1.165, 1.54) is 23.6 Å². The monoisotopic (exact) mass is 368 g/mol. The van der Waals surface area contributed by atoms with Crippen molar-refractivity contribution in [3.63, 3.8) is 0 Å². The number of aromatic amines is 2. The summed E-state index contributed by atoms with van der Waals surface area (Å²) in [6.07, 6.45) is 8.79. The van der Waals surface area contributed by atoms with Gasteiger partial charge < -0.3 is 9.97 Å². The van der Waals surface area contributed by atoms with Crippen LogP contribution in [0.25, 0.3) is 33.2 Å². The van der Waals surface area contributed by atoms with Crippen LogP contribution >= 0.6 is 0 Å². The molecule has 3 heterocycles. The first-order valence-electron chi connectivity index (χ1n) is 10.1. The van der Waals surface area contributed by atoms with E-state index >= 15 is 0 Å². The van der Waals surface area contributed by atoms with Gasteiger partial charge in [0, 0.05) is 58.5 Å². The molecule has 0 spiro atoms. The lowest BCUT2D eigenvalue weighted by molar-refractivity contribution is 0.655. The molecule has 0 saturated carbocycles. The average Bonchev–Trinajstić information content (AvgIpc) is 3.27. The van der Waals surface area contributed by atoms with Gasteiger partial charge in [-0.05, 0) is 25.0 Å². The maximum absolute atomic E-state index is 4.76. The van der Waals surface area contributed by atoms with Crippen LogP contribution in [0.15, 0.2) is 58.5 Å². The van der Waals surface area contributed by atoms with E-state index in [9.17, 15) is 0 Å². The Morgan fingerprint density at radius 3 is 1.54 bits per heavy atom. The van der Waals surface area contributed by atoms with Crippen molar-refractivity contribution in [2.45, 2.75) is 25.7 Å². The zero-order chi connectivity index (χ0) is 18.8. The van der Waals surface area contributed by atoms with E-state index in [0.717, 1.165) is 59.5 Å². The van der Waals surface area contributed by atoms with E-state index in [1.807, 2.05) is 12.4 Å². The van der Waals surface area contributed by atoms with E-state index in [0.29, 0.717) is 0 Å². The fraction of sp³-hybridized carbons (Fsp3) is 0.250. The van der Waals surface area contributed by atoms with Crippen LogP contribution in [-0.2, 0) is 0 Å². The van der Waals surface area contributed by atoms with E-state index < -0.39 is 0 Å². The number of aromatic nitrogens is 2. The second-order valence-corrected chi connectivity index (χ2v) is 7.40. The highest BCUT2D eigenvalue weighted by molar-refractivity contribution is 6.11. The lowest BCUT2D eigenvalue weighted by Gasteiger charge is -2.03. The van der Waals surface area contributed by atoms with Gasteiger partial charge in [0.25, 0.3) is 0 Å². The summed E-state index contributed by atoms with van der Waals surface area (Å²) in [5.41, 5.74) is 6.72. The van der Waals surface area contributed by atoms with Gasteiger partial charge in [0.1, 0.15) is 0 Å². The van der Waals surface area contributed by atoms with Gasteiger partial charge in [-0.15, -0.1) is 0 Å². The number of rotatable bonds is 0. The van der Waals surface area contributed by atoms with E-state index in [2.05, 4.69) is 58.5 Å². The van der Waals surface area contributed by atoms with Crippen LogP contribution in [0.2, 0.25) is 0 Å². The van der Waals surface area contributed by atoms with Gasteiger partial charge in [-0.3, -0.25) is 9.98 Å². The van der Waals surface area contributed by atoms with Crippen molar-refractivity contribution in [1.82, 2.24) is 9.97 Å². The zero-order valence-electron chi connectivity index (χ0n) is 15.9. The van der Waals surface area contributed by atoms with Crippen molar-refractivity contribution >= 4 is 34.2 Å². The second kappa shape index (κ2) is 7.47. The third-order valence-corrected chi connectivity index (χ3v) is 5.51. The molecule has 4 heteroatoms. The Hall–Kier alpha value is -3.14. The van der Waals surface area contributed by atoms with E-state index in [1.54, 1.807) is 0 Å². The Morgan fingerprint density at radius 1 is 0.571 bits per heavy atom. The van der Waals surface area contributed by atoms with Gasteiger partial charge >= 0.3 is 0 Å². The molecule has 2 aromatic heterocycles. The fourth-order valence-corrected chi connectivity index (χ4v) is 4.06.